The number of fused-ring (bicyclic) bond motifs is 3. The molecule has 2 aromatic carbocycles. The molecule has 4 rings (SSSR count). The molecule has 9 nitrogen and oxygen atoms in total. The Kier molecular flexibility index (Phi) is 8.66. The quantitative estimate of drug-likeness (QED) is 0.394. The summed E-state index contributed by atoms with van der Waals surface area (Å²) in [7, 11) is 1.43. The number of rotatable bonds is 10. The number of aliphatic hydroxyl groups is 2. The highest BCUT2D eigenvalue weighted by Gasteiger charge is 2.51. The van der Waals surface area contributed by atoms with Crippen molar-refractivity contribution in [2.45, 2.75) is 44.4 Å². The lowest BCUT2D eigenvalue weighted by atomic mass is 9.77. The van der Waals surface area contributed by atoms with E-state index < -0.39 is 41.8 Å². The molecule has 0 saturated carbocycles. The number of carbonyl (C=O) groups is 3. The van der Waals surface area contributed by atoms with Gasteiger partial charge in [-0.05, 0) is 42.3 Å². The van der Waals surface area contributed by atoms with E-state index in [0.29, 0.717) is 35.1 Å². The summed E-state index contributed by atoms with van der Waals surface area (Å²) in [6, 6.07) is 8.24. The van der Waals surface area contributed by atoms with Crippen LogP contribution in [0.1, 0.15) is 41.3 Å². The second-order valence-corrected chi connectivity index (χ2v) is 9.97. The fourth-order valence-electron chi connectivity index (χ4n) is 5.24. The topological polar surface area (TPSA) is 125 Å². The molecule has 0 spiro atoms. The lowest BCUT2D eigenvalue weighted by Crippen LogP contribution is -2.56. The van der Waals surface area contributed by atoms with E-state index in [0.717, 1.165) is 0 Å². The molecule has 1 aliphatic carbocycles. The number of aldehydes is 1. The smallest absolute Gasteiger partial charge is 0.247 e. The van der Waals surface area contributed by atoms with E-state index in [4.69, 9.17) is 9.47 Å². The fourth-order valence-corrected chi connectivity index (χ4v) is 5.24. The second kappa shape index (κ2) is 12.0. The average molecular weight is 541 g/mol. The minimum atomic E-state index is -1.24. The summed E-state index contributed by atoms with van der Waals surface area (Å²) in [4.78, 5) is 39.8. The molecule has 10 heteroatoms. The largest absolute Gasteiger partial charge is 0.493 e. The van der Waals surface area contributed by atoms with E-state index in [9.17, 15) is 29.0 Å². The van der Waals surface area contributed by atoms with E-state index >= 15 is 0 Å². The van der Waals surface area contributed by atoms with Crippen LogP contribution in [0.4, 0.5) is 4.39 Å². The van der Waals surface area contributed by atoms with Crippen LogP contribution in [-0.4, -0.2) is 78.3 Å². The molecule has 3 N–H and O–H groups in total. The number of amides is 2. The average Bonchev–Trinajstić information content (AvgIpc) is 3.32. The molecule has 39 heavy (non-hydrogen) atoms. The number of aliphatic hydroxyl groups excluding tert-OH is 2. The van der Waals surface area contributed by atoms with Gasteiger partial charge in [-0.25, -0.2) is 4.39 Å². The van der Waals surface area contributed by atoms with Crippen LogP contribution in [0.15, 0.2) is 48.0 Å². The Bertz CT molecular complexity index is 1280. The van der Waals surface area contributed by atoms with Crippen molar-refractivity contribution in [3.8, 4) is 11.5 Å². The highest BCUT2D eigenvalue weighted by atomic mass is 19.1. The van der Waals surface area contributed by atoms with Gasteiger partial charge >= 0.3 is 0 Å². The van der Waals surface area contributed by atoms with Crippen molar-refractivity contribution in [2.24, 2.45) is 5.92 Å². The molecule has 0 aromatic heterocycles. The minimum Gasteiger partial charge on any atom is -0.493 e. The number of halogens is 1. The first kappa shape index (κ1) is 28.3. The van der Waals surface area contributed by atoms with E-state index in [2.05, 4.69) is 5.32 Å². The molecule has 0 fully saturated rings. The van der Waals surface area contributed by atoms with Crippen LogP contribution in [0.2, 0.25) is 0 Å². The summed E-state index contributed by atoms with van der Waals surface area (Å²) >= 11 is 0. The monoisotopic (exact) mass is 540 g/mol. The Balaban J connectivity index is 1.78. The highest BCUT2D eigenvalue weighted by Crippen LogP contribution is 2.51. The van der Waals surface area contributed by atoms with Crippen LogP contribution in [-0.2, 0) is 16.0 Å². The predicted molar refractivity (Wildman–Crippen MR) is 140 cm³/mol. The van der Waals surface area contributed by atoms with Crippen LogP contribution in [0, 0.1) is 11.7 Å². The van der Waals surface area contributed by atoms with E-state index in [-0.39, 0.29) is 36.9 Å². The van der Waals surface area contributed by atoms with Crippen molar-refractivity contribution >= 4 is 18.1 Å². The molecule has 208 valence electrons. The highest BCUT2D eigenvalue weighted by molar-refractivity contribution is 5.96. The van der Waals surface area contributed by atoms with Gasteiger partial charge in [0.2, 0.25) is 11.8 Å². The molecule has 0 radical (unpaired) electrons. The van der Waals surface area contributed by atoms with Crippen molar-refractivity contribution in [3.05, 3.63) is 70.6 Å². The normalized spacial score (nSPS) is 21.4. The molecule has 0 bridgehead atoms. The molecule has 1 heterocycles. The molecule has 2 aliphatic rings. The van der Waals surface area contributed by atoms with Crippen molar-refractivity contribution in [1.29, 1.82) is 0 Å². The van der Waals surface area contributed by atoms with Crippen molar-refractivity contribution in [1.82, 2.24) is 10.2 Å². The molecule has 4 atom stereocenters. The third-order valence-electron chi connectivity index (χ3n) is 7.08. The van der Waals surface area contributed by atoms with Crippen molar-refractivity contribution < 1.29 is 38.5 Å². The van der Waals surface area contributed by atoms with Gasteiger partial charge in [-0.15, -0.1) is 0 Å². The third kappa shape index (κ3) is 5.67. The van der Waals surface area contributed by atoms with Gasteiger partial charge in [0.25, 0.3) is 0 Å². The number of benzene rings is 2. The predicted octanol–water partition coefficient (Wildman–Crippen LogP) is 2.00. The summed E-state index contributed by atoms with van der Waals surface area (Å²) in [6.45, 7) is 3.36. The SMILES string of the molecule is COc1cc(C=O)cc2c1OC1C2C(C(=O)NCCO)=CC(N(CCc2cccc(F)c2)C(=O)C(C)C)C1O. The Morgan fingerprint density at radius 1 is 1.26 bits per heavy atom. The number of carbonyl (C=O) groups excluding carboxylic acids is 3. The number of hydrogen-bond donors (Lipinski definition) is 3. The Hall–Kier alpha value is -3.76. The van der Waals surface area contributed by atoms with Gasteiger partial charge in [-0.2, -0.15) is 0 Å². The Labute approximate surface area is 226 Å². The first-order chi connectivity index (χ1) is 18.7. The zero-order valence-corrected chi connectivity index (χ0v) is 22.1. The summed E-state index contributed by atoms with van der Waals surface area (Å²) in [5.41, 5.74) is 1.74. The molecule has 2 aromatic rings. The summed E-state index contributed by atoms with van der Waals surface area (Å²) in [6.07, 6.45) is 0.338. The number of ether oxygens (including phenoxy) is 2. The first-order valence-electron chi connectivity index (χ1n) is 12.9. The first-order valence-corrected chi connectivity index (χ1v) is 12.9. The van der Waals surface area contributed by atoms with Gasteiger partial charge < -0.3 is 29.9 Å². The van der Waals surface area contributed by atoms with Gasteiger partial charge in [0.1, 0.15) is 24.3 Å². The van der Waals surface area contributed by atoms with E-state index in [1.807, 2.05) is 0 Å². The van der Waals surface area contributed by atoms with Crippen LogP contribution in [0.5, 0.6) is 11.5 Å². The van der Waals surface area contributed by atoms with Crippen LogP contribution in [0.25, 0.3) is 0 Å². The standard InChI is InChI=1S/C29H33FN2O7/c1-16(2)29(37)32(9-7-17-5-4-6-19(30)11-17)22-14-21(28(36)31-8-10-33)24-20-12-18(15-34)13-23(38-3)26(20)39-27(24)25(22)35/h4-6,11-16,22,24-25,27,33,35H,7-10H2,1-3H3,(H,31,36). The number of nitrogens with one attached hydrogen (secondary N) is 1. The Morgan fingerprint density at radius 2 is 2.03 bits per heavy atom. The summed E-state index contributed by atoms with van der Waals surface area (Å²) < 4.78 is 25.4. The van der Waals surface area contributed by atoms with E-state index in [1.165, 1.54) is 30.2 Å². The van der Waals surface area contributed by atoms with E-state index in [1.54, 1.807) is 38.1 Å². The summed E-state index contributed by atoms with van der Waals surface area (Å²) in [5.74, 6) is -1.72. The maximum Gasteiger partial charge on any atom is 0.247 e. The molecule has 4 unspecified atom stereocenters. The lowest BCUT2D eigenvalue weighted by Gasteiger charge is -2.41. The van der Waals surface area contributed by atoms with Gasteiger partial charge in [-0.3, -0.25) is 14.4 Å². The summed E-state index contributed by atoms with van der Waals surface area (Å²) in [5, 5.41) is 23.5. The number of nitrogens with zero attached hydrogens (tertiary/aromatic N) is 1. The molecule has 0 saturated heterocycles. The maximum atomic E-state index is 13.8. The zero-order valence-electron chi connectivity index (χ0n) is 22.1. The number of hydrogen-bond acceptors (Lipinski definition) is 7. The lowest BCUT2D eigenvalue weighted by molar-refractivity contribution is -0.140. The molecule has 2 amide bonds. The third-order valence-corrected chi connectivity index (χ3v) is 7.08. The fraction of sp³-hybridized carbons (Fsp3) is 0.414. The van der Waals surface area contributed by atoms with Gasteiger partial charge in [-0.1, -0.05) is 26.0 Å². The van der Waals surface area contributed by atoms with Gasteiger partial charge in [0, 0.05) is 35.7 Å². The van der Waals surface area contributed by atoms with Crippen LogP contribution >= 0.6 is 0 Å². The van der Waals surface area contributed by atoms with Gasteiger partial charge in [0.15, 0.2) is 11.5 Å². The van der Waals surface area contributed by atoms with Gasteiger partial charge in [0.05, 0.1) is 25.7 Å². The van der Waals surface area contributed by atoms with Crippen molar-refractivity contribution in [2.75, 3.05) is 26.8 Å². The number of methoxy groups -OCH3 is 1. The van der Waals surface area contributed by atoms with Crippen LogP contribution < -0.4 is 14.8 Å². The van der Waals surface area contributed by atoms with Crippen molar-refractivity contribution in [3.63, 3.8) is 0 Å². The Morgan fingerprint density at radius 3 is 2.67 bits per heavy atom. The molecule has 1 aliphatic heterocycles. The maximum absolute atomic E-state index is 13.8. The molecular weight excluding hydrogens is 507 g/mol. The molecular formula is C29H33FN2O7. The van der Waals surface area contributed by atoms with Crippen LogP contribution in [0.3, 0.4) is 0 Å². The zero-order chi connectivity index (χ0) is 28.3. The minimum absolute atomic E-state index is 0.000400. The second-order valence-electron chi connectivity index (χ2n) is 9.97.